The van der Waals surface area contributed by atoms with Crippen molar-refractivity contribution in [1.82, 2.24) is 9.97 Å². The molecule has 0 aliphatic heterocycles. The Hall–Kier alpha value is -7.36. The summed E-state index contributed by atoms with van der Waals surface area (Å²) in [4.78, 5) is 11.0. The lowest BCUT2D eigenvalue weighted by atomic mass is 9.96. The molecule has 0 saturated heterocycles. The molecule has 258 valence electrons. The molecule has 9 aromatic carbocycles. The Kier molecular flexibility index (Phi) is 4.70. The van der Waals surface area contributed by atoms with Gasteiger partial charge in [0.25, 0.3) is 0 Å². The zero-order valence-corrected chi connectivity index (χ0v) is 28.7. The fourth-order valence-electron chi connectivity index (χ4n) is 6.59. The predicted molar refractivity (Wildman–Crippen MR) is 231 cm³/mol. The van der Waals surface area contributed by atoms with Crippen molar-refractivity contribution in [2.45, 2.75) is 0 Å². The molecule has 0 unspecified atom stereocenters. The fourth-order valence-corrected chi connectivity index (χ4v) is 6.59. The van der Waals surface area contributed by atoms with Gasteiger partial charge in [-0.05, 0) is 86.8 Å². The fraction of sp³-hybridized carbons (Fsp3) is 0. The van der Waals surface area contributed by atoms with E-state index in [4.69, 9.17) is 26.4 Å². The third-order valence-corrected chi connectivity index (χ3v) is 9.15. The summed E-state index contributed by atoms with van der Waals surface area (Å²) in [5.41, 5.74) is 0.486. The maximum Gasteiger partial charge on any atom is 0.0979 e. The highest BCUT2D eigenvalue weighted by Crippen LogP contribution is 2.39. The van der Waals surface area contributed by atoms with Crippen LogP contribution in [0.2, 0.25) is 0 Å². The van der Waals surface area contributed by atoms with Gasteiger partial charge in [-0.15, -0.1) is 0 Å². The van der Waals surface area contributed by atoms with E-state index in [-0.39, 0.29) is 11.1 Å². The summed E-state index contributed by atoms with van der Waals surface area (Å²) >= 11 is 0. The van der Waals surface area contributed by atoms with Crippen LogP contribution in [-0.4, -0.2) is 9.97 Å². The minimum absolute atomic E-state index is 0.200. The van der Waals surface area contributed by atoms with Crippen LogP contribution in [0.1, 0.15) is 24.7 Å². The molecule has 3 nitrogen and oxygen atoms in total. The molecule has 0 bridgehead atoms. The van der Waals surface area contributed by atoms with Crippen LogP contribution < -0.4 is 4.90 Å². The summed E-state index contributed by atoms with van der Waals surface area (Å²) in [5, 5.41) is 3.00. The number of fused-ring (bicyclic) bond motifs is 5. The van der Waals surface area contributed by atoms with Gasteiger partial charge in [0.2, 0.25) is 0 Å². The molecule has 55 heavy (non-hydrogen) atoms. The second kappa shape index (κ2) is 13.9. The number of anilines is 3. The number of para-hydroxylation sites is 1. The molecule has 0 amide bonds. The Morgan fingerprint density at radius 3 is 1.53 bits per heavy atom. The van der Waals surface area contributed by atoms with Crippen LogP contribution in [0.15, 0.2) is 212 Å². The van der Waals surface area contributed by atoms with Crippen molar-refractivity contribution in [3.05, 3.63) is 212 Å². The summed E-state index contributed by atoms with van der Waals surface area (Å²) in [5.74, 6) is 0. The Morgan fingerprint density at radius 1 is 0.382 bits per heavy atom. The lowest BCUT2D eigenvalue weighted by Crippen LogP contribution is -2.09. The topological polar surface area (TPSA) is 29.0 Å². The van der Waals surface area contributed by atoms with Crippen molar-refractivity contribution < 1.29 is 24.7 Å². The number of hydrogen-bond donors (Lipinski definition) is 0. The normalized spacial score (nSPS) is 15.9. The van der Waals surface area contributed by atoms with Crippen molar-refractivity contribution >= 4 is 49.6 Å². The number of aromatic nitrogens is 2. The van der Waals surface area contributed by atoms with Gasteiger partial charge in [0.05, 0.1) is 47.1 Å². The monoisotopic (exact) mass is 719 g/mol. The highest BCUT2D eigenvalue weighted by molar-refractivity contribution is 6.19. The molecule has 10 aromatic rings. The number of hydrogen-bond acceptors (Lipinski definition) is 3. The Labute approximate surface area is 345 Å². The maximum atomic E-state index is 9.50. The molecule has 0 aliphatic rings. The van der Waals surface area contributed by atoms with Crippen LogP contribution in [0.25, 0.3) is 77.3 Å². The maximum absolute atomic E-state index is 9.50. The molecule has 0 fully saturated rings. The molecule has 0 N–H and O–H groups in total. The molecular weight excluding hydrogens is 667 g/mol. The summed E-state index contributed by atoms with van der Waals surface area (Å²) in [7, 11) is 0. The number of nitrogens with zero attached hydrogens (tertiary/aromatic N) is 3. The standard InChI is InChI=1S/C52H35N3/c1-5-13-36(14-6-1)37-23-29-45(30-24-37)55(44-19-11-4-12-20-44)46-31-25-38(26-32-46)42-27-33-47-43(35-42)22-21-39-28-34-48-52(49(39)47)54-51(41-17-9-3-10-18-41)50(53-48)40-15-7-2-8-16-40/h1-35H/i1D,4D,5D,6D,11D,12D,13D,14D,19D,20D,23D,24D,25D,26D,29D,30D,31D,32D. The first kappa shape index (κ1) is 18.6. The molecule has 0 aliphatic carbocycles. The van der Waals surface area contributed by atoms with Crippen molar-refractivity contribution in [3.8, 4) is 44.8 Å². The van der Waals surface area contributed by atoms with Crippen LogP contribution >= 0.6 is 0 Å². The van der Waals surface area contributed by atoms with E-state index in [9.17, 15) is 8.22 Å². The Morgan fingerprint density at radius 2 is 0.891 bits per heavy atom. The van der Waals surface area contributed by atoms with E-state index < -0.39 is 137 Å². The van der Waals surface area contributed by atoms with Gasteiger partial charge in [-0.3, -0.25) is 0 Å². The highest BCUT2D eigenvalue weighted by Gasteiger charge is 2.17. The van der Waals surface area contributed by atoms with Crippen molar-refractivity contribution in [2.75, 3.05) is 4.90 Å². The van der Waals surface area contributed by atoms with Gasteiger partial charge in [0.1, 0.15) is 0 Å². The van der Waals surface area contributed by atoms with Crippen LogP contribution in [-0.2, 0) is 0 Å². The largest absolute Gasteiger partial charge is 0.311 e. The van der Waals surface area contributed by atoms with E-state index in [0.29, 0.717) is 32.7 Å². The second-order valence-corrected chi connectivity index (χ2v) is 12.4. The van der Waals surface area contributed by atoms with Gasteiger partial charge in [0, 0.05) is 33.6 Å². The van der Waals surface area contributed by atoms with E-state index in [2.05, 4.69) is 0 Å². The van der Waals surface area contributed by atoms with E-state index in [0.717, 1.165) is 27.3 Å². The third kappa shape index (κ3) is 6.08. The first-order valence-electron chi connectivity index (χ1n) is 26.2. The van der Waals surface area contributed by atoms with Crippen LogP contribution in [0.4, 0.5) is 17.1 Å². The zero-order chi connectivity index (χ0) is 52.2. The van der Waals surface area contributed by atoms with Gasteiger partial charge in [-0.1, -0.05) is 164 Å². The first-order valence-corrected chi connectivity index (χ1v) is 17.2. The third-order valence-electron chi connectivity index (χ3n) is 9.15. The summed E-state index contributed by atoms with van der Waals surface area (Å²) in [6, 6.07) is 16.4. The average Bonchev–Trinajstić information content (AvgIpc) is 3.40. The molecule has 0 radical (unpaired) electrons. The molecule has 0 spiro atoms. The van der Waals surface area contributed by atoms with Gasteiger partial charge < -0.3 is 4.90 Å². The predicted octanol–water partition coefficient (Wildman–Crippen LogP) is 14.1. The summed E-state index contributed by atoms with van der Waals surface area (Å²) in [6.45, 7) is 0. The molecule has 10 rings (SSSR count). The van der Waals surface area contributed by atoms with Crippen molar-refractivity contribution in [2.24, 2.45) is 0 Å². The van der Waals surface area contributed by atoms with E-state index in [1.807, 2.05) is 84.9 Å². The second-order valence-electron chi connectivity index (χ2n) is 12.4. The Bertz CT molecular complexity index is 3910. The minimum Gasteiger partial charge on any atom is -0.311 e. The van der Waals surface area contributed by atoms with Crippen LogP contribution in [0.5, 0.6) is 0 Å². The van der Waals surface area contributed by atoms with Gasteiger partial charge in [-0.2, -0.15) is 0 Å². The molecule has 0 atom stereocenters. The van der Waals surface area contributed by atoms with E-state index >= 15 is 0 Å². The quantitative estimate of drug-likeness (QED) is 0.154. The Balaban J connectivity index is 1.20. The smallest absolute Gasteiger partial charge is 0.0979 e. The minimum atomic E-state index is -1.03. The highest BCUT2D eigenvalue weighted by atomic mass is 15.1. The molecule has 0 saturated carbocycles. The van der Waals surface area contributed by atoms with Crippen molar-refractivity contribution in [1.29, 1.82) is 0 Å². The summed E-state index contributed by atoms with van der Waals surface area (Å²) < 4.78 is 159. The van der Waals surface area contributed by atoms with Crippen LogP contribution in [0.3, 0.4) is 0 Å². The van der Waals surface area contributed by atoms with E-state index in [1.54, 1.807) is 18.2 Å². The van der Waals surface area contributed by atoms with Gasteiger partial charge in [-0.25, -0.2) is 9.97 Å². The van der Waals surface area contributed by atoms with Crippen molar-refractivity contribution in [3.63, 3.8) is 0 Å². The van der Waals surface area contributed by atoms with Gasteiger partial charge >= 0.3 is 0 Å². The van der Waals surface area contributed by atoms with E-state index in [1.165, 1.54) is 0 Å². The zero-order valence-electron chi connectivity index (χ0n) is 46.7. The average molecular weight is 720 g/mol. The lowest BCUT2D eigenvalue weighted by Gasteiger charge is -2.26. The summed E-state index contributed by atoms with van der Waals surface area (Å²) in [6.07, 6.45) is 0. The molecule has 3 heteroatoms. The van der Waals surface area contributed by atoms with Crippen LogP contribution in [0, 0.1) is 0 Å². The molecule has 1 aromatic heterocycles. The number of benzene rings is 9. The molecule has 1 heterocycles. The lowest BCUT2D eigenvalue weighted by molar-refractivity contribution is 1.28. The first-order chi connectivity index (χ1) is 34.8. The molecular formula is C52H35N3. The van der Waals surface area contributed by atoms with Gasteiger partial charge in [0.15, 0.2) is 0 Å². The SMILES string of the molecule is [2H]c1c([2H])c([2H])c(-c2c([2H])c([2H])c(N(c3c([2H])c([2H])c([2H])c([2H])c3[2H])c3c([2H])c([2H])c(-c4ccc5c(ccc6ccc7nc(-c8ccccc8)c(-c8ccccc8)nc7c65)c4)c([2H])c3[2H])c([2H])c2[2H])c([2H])c1[2H]. The number of rotatable bonds is 7.